The highest BCUT2D eigenvalue weighted by Crippen LogP contribution is 2.57. The first-order chi connectivity index (χ1) is 26.4. The number of benzene rings is 2. The molecule has 4 aromatic rings. The highest BCUT2D eigenvalue weighted by Gasteiger charge is 2.62. The van der Waals surface area contributed by atoms with Gasteiger partial charge in [-0.3, -0.25) is 24.0 Å². The summed E-state index contributed by atoms with van der Waals surface area (Å²) in [5.74, 6) is -3.36. The summed E-state index contributed by atoms with van der Waals surface area (Å²) < 4.78 is 33.1. The van der Waals surface area contributed by atoms with Crippen molar-refractivity contribution in [3.8, 4) is 0 Å². The maximum atomic E-state index is 14.6. The van der Waals surface area contributed by atoms with Crippen LogP contribution in [0.3, 0.4) is 0 Å². The van der Waals surface area contributed by atoms with Gasteiger partial charge in [-0.05, 0) is 80.1 Å². The van der Waals surface area contributed by atoms with Gasteiger partial charge in [0.05, 0.1) is 23.3 Å². The van der Waals surface area contributed by atoms with E-state index in [0.717, 1.165) is 54.5 Å². The van der Waals surface area contributed by atoms with Crippen LogP contribution in [0.15, 0.2) is 66.9 Å². The normalized spacial score (nSPS) is 19.7. The van der Waals surface area contributed by atoms with Crippen molar-refractivity contribution in [3.05, 3.63) is 106 Å². The standard InChI is InChI=1S/C42H50F2N8O3/c1-28-35(24-46-52(28)34-17-19-49(20-18-34)33-5-4-6-33)38(53)47-32-13-9-29(10-14-32)23-45-39(54)36-15-16-37-41(26-42(43,44)27-41)50(21-22-51(36)37)25-30-7-11-31(12-8-30)40(55)48(2)3/h7-16,24,33-34H,4-6,17-23,25-27H2,1-3H3,(H,45,54)(H,47,53). The van der Waals surface area contributed by atoms with Gasteiger partial charge in [0.2, 0.25) is 0 Å². The predicted octanol–water partition coefficient (Wildman–Crippen LogP) is 6.21. The lowest BCUT2D eigenvalue weighted by atomic mass is 9.68. The summed E-state index contributed by atoms with van der Waals surface area (Å²) in [4.78, 5) is 45.3. The van der Waals surface area contributed by atoms with E-state index in [0.29, 0.717) is 48.2 Å². The van der Waals surface area contributed by atoms with Crippen LogP contribution in [0.4, 0.5) is 14.5 Å². The number of carbonyl (C=O) groups is 3. The first kappa shape index (κ1) is 37.1. The third kappa shape index (κ3) is 7.19. The van der Waals surface area contributed by atoms with E-state index in [2.05, 4.69) is 25.5 Å². The van der Waals surface area contributed by atoms with Crippen molar-refractivity contribution in [2.45, 2.75) is 95.0 Å². The Kier molecular flexibility index (Phi) is 9.87. The van der Waals surface area contributed by atoms with Crippen molar-refractivity contribution in [1.29, 1.82) is 0 Å². The van der Waals surface area contributed by atoms with Gasteiger partial charge in [0.1, 0.15) is 5.69 Å². The topological polar surface area (TPSA) is 108 Å². The molecule has 55 heavy (non-hydrogen) atoms. The number of anilines is 1. The van der Waals surface area contributed by atoms with E-state index in [4.69, 9.17) is 0 Å². The molecule has 1 spiro atoms. The van der Waals surface area contributed by atoms with Crippen LogP contribution in [0.25, 0.3) is 0 Å². The maximum Gasteiger partial charge on any atom is 0.268 e. The van der Waals surface area contributed by atoms with Crippen LogP contribution < -0.4 is 10.6 Å². The van der Waals surface area contributed by atoms with Gasteiger partial charge in [0, 0.05) is 94.9 Å². The fourth-order valence-corrected chi connectivity index (χ4v) is 9.02. The number of piperidine rings is 1. The molecule has 3 amide bonds. The van der Waals surface area contributed by atoms with Gasteiger partial charge in [-0.2, -0.15) is 5.10 Å². The number of carbonyl (C=O) groups excluding carboxylic acids is 3. The van der Waals surface area contributed by atoms with Crippen LogP contribution >= 0.6 is 0 Å². The summed E-state index contributed by atoms with van der Waals surface area (Å²) in [6, 6.07) is 19.3. The molecular weight excluding hydrogens is 703 g/mol. The minimum atomic E-state index is -2.78. The number of likely N-dealkylation sites (tertiary alicyclic amines) is 1. The molecule has 2 aromatic heterocycles. The third-order valence-electron chi connectivity index (χ3n) is 12.4. The molecule has 2 aliphatic carbocycles. The van der Waals surface area contributed by atoms with E-state index in [1.54, 1.807) is 38.5 Å². The molecule has 290 valence electrons. The minimum Gasteiger partial charge on any atom is -0.347 e. The van der Waals surface area contributed by atoms with Crippen molar-refractivity contribution in [2.24, 2.45) is 0 Å². The zero-order chi connectivity index (χ0) is 38.5. The molecular formula is C42H50F2N8O3. The van der Waals surface area contributed by atoms with E-state index in [1.165, 1.54) is 24.2 Å². The first-order valence-corrected chi connectivity index (χ1v) is 19.5. The van der Waals surface area contributed by atoms with Gasteiger partial charge in [-0.15, -0.1) is 0 Å². The number of alkyl halides is 2. The van der Waals surface area contributed by atoms with Crippen molar-refractivity contribution in [2.75, 3.05) is 39.0 Å². The summed E-state index contributed by atoms with van der Waals surface area (Å²) >= 11 is 0. The lowest BCUT2D eigenvalue weighted by molar-refractivity contribution is -0.192. The number of hydrogen-bond donors (Lipinski definition) is 2. The first-order valence-electron chi connectivity index (χ1n) is 19.5. The fraction of sp³-hybridized carbons (Fsp3) is 0.476. The maximum absolute atomic E-state index is 14.6. The van der Waals surface area contributed by atoms with Gasteiger partial charge >= 0.3 is 0 Å². The lowest BCUT2D eigenvalue weighted by Gasteiger charge is -2.56. The van der Waals surface area contributed by atoms with Crippen LogP contribution in [-0.4, -0.2) is 92.5 Å². The number of nitrogens with one attached hydrogen (secondary N) is 2. The molecule has 0 atom stereocenters. The molecule has 2 aromatic carbocycles. The van der Waals surface area contributed by atoms with Crippen molar-refractivity contribution >= 4 is 23.4 Å². The van der Waals surface area contributed by atoms with E-state index < -0.39 is 11.5 Å². The highest BCUT2D eigenvalue weighted by atomic mass is 19.3. The van der Waals surface area contributed by atoms with Gasteiger partial charge in [-0.25, -0.2) is 8.78 Å². The fourth-order valence-electron chi connectivity index (χ4n) is 9.02. The van der Waals surface area contributed by atoms with Crippen molar-refractivity contribution in [1.82, 2.24) is 34.4 Å². The van der Waals surface area contributed by atoms with Gasteiger partial charge in [0.25, 0.3) is 23.6 Å². The molecule has 11 nitrogen and oxygen atoms in total. The van der Waals surface area contributed by atoms with E-state index in [9.17, 15) is 23.2 Å². The van der Waals surface area contributed by atoms with Crippen LogP contribution in [0, 0.1) is 6.92 Å². The van der Waals surface area contributed by atoms with Crippen LogP contribution in [0.1, 0.15) is 105 Å². The summed E-state index contributed by atoms with van der Waals surface area (Å²) in [5.41, 5.74) is 4.73. The highest BCUT2D eigenvalue weighted by molar-refractivity contribution is 6.05. The molecule has 2 saturated carbocycles. The Labute approximate surface area is 320 Å². The van der Waals surface area contributed by atoms with Crippen molar-refractivity contribution in [3.63, 3.8) is 0 Å². The summed E-state index contributed by atoms with van der Waals surface area (Å²) in [6.07, 6.45) is 7.10. The Morgan fingerprint density at radius 3 is 2.16 bits per heavy atom. The second-order valence-electron chi connectivity index (χ2n) is 16.1. The van der Waals surface area contributed by atoms with Gasteiger partial charge in [-0.1, -0.05) is 30.7 Å². The number of aromatic nitrogens is 3. The number of rotatable bonds is 10. The zero-order valence-corrected chi connectivity index (χ0v) is 31.9. The number of amides is 3. The number of hydrogen-bond acceptors (Lipinski definition) is 6. The Hall–Kier alpha value is -4.88. The molecule has 4 aliphatic rings. The number of halogens is 2. The molecule has 0 unspecified atom stereocenters. The van der Waals surface area contributed by atoms with Gasteiger partial charge in [0.15, 0.2) is 0 Å². The monoisotopic (exact) mass is 752 g/mol. The second-order valence-corrected chi connectivity index (χ2v) is 16.1. The van der Waals surface area contributed by atoms with E-state index in [1.807, 2.05) is 58.6 Å². The van der Waals surface area contributed by atoms with E-state index in [-0.39, 0.29) is 37.1 Å². The van der Waals surface area contributed by atoms with Gasteiger partial charge < -0.3 is 25.0 Å². The Morgan fingerprint density at radius 2 is 1.53 bits per heavy atom. The van der Waals surface area contributed by atoms with E-state index >= 15 is 0 Å². The van der Waals surface area contributed by atoms with Crippen molar-refractivity contribution < 1.29 is 23.2 Å². The molecule has 0 radical (unpaired) electrons. The predicted molar refractivity (Wildman–Crippen MR) is 205 cm³/mol. The quantitative estimate of drug-likeness (QED) is 0.200. The average molecular weight is 753 g/mol. The Morgan fingerprint density at radius 1 is 0.836 bits per heavy atom. The van der Waals surface area contributed by atoms with Crippen LogP contribution in [-0.2, 0) is 25.2 Å². The molecule has 4 heterocycles. The Balaban J connectivity index is 0.870. The lowest BCUT2D eigenvalue weighted by Crippen LogP contribution is -2.63. The Bertz CT molecular complexity index is 2050. The molecule has 8 rings (SSSR count). The second kappa shape index (κ2) is 14.6. The molecule has 2 N–H and O–H groups in total. The average Bonchev–Trinajstić information content (AvgIpc) is 3.75. The third-order valence-corrected chi connectivity index (χ3v) is 12.4. The molecule has 0 bridgehead atoms. The number of fused-ring (bicyclic) bond motifs is 2. The SMILES string of the molecule is Cc1c(C(=O)Nc2ccc(CNC(=O)c3ccc4n3CCN(Cc3ccc(C(=O)N(C)C)cc3)C43CC(F)(F)C3)cc2)cnn1C1CCN(C2CCC2)CC1. The zero-order valence-electron chi connectivity index (χ0n) is 31.9. The summed E-state index contributed by atoms with van der Waals surface area (Å²) in [6.45, 7) is 5.84. The summed E-state index contributed by atoms with van der Waals surface area (Å²) in [5, 5.41) is 10.6. The molecule has 2 aliphatic heterocycles. The minimum absolute atomic E-state index is 0.0939. The number of nitrogens with zero attached hydrogens (tertiary/aromatic N) is 6. The molecule has 13 heteroatoms. The summed E-state index contributed by atoms with van der Waals surface area (Å²) in [7, 11) is 3.40. The molecule has 3 fully saturated rings. The molecule has 1 saturated heterocycles. The largest absolute Gasteiger partial charge is 0.347 e. The van der Waals surface area contributed by atoms with Crippen LogP contribution in [0.2, 0.25) is 0 Å². The van der Waals surface area contributed by atoms with Crippen LogP contribution in [0.5, 0.6) is 0 Å². The smallest absolute Gasteiger partial charge is 0.268 e.